The van der Waals surface area contributed by atoms with Crippen LogP contribution in [0.2, 0.25) is 0 Å². The molecule has 5 heteroatoms. The first kappa shape index (κ1) is 10.4. The Balaban J connectivity index is 2.12. The number of ether oxygens (including phenoxy) is 1. The van der Waals surface area contributed by atoms with Crippen molar-refractivity contribution in [3.05, 3.63) is 0 Å². The molecule has 0 aromatic heterocycles. The summed E-state index contributed by atoms with van der Waals surface area (Å²) in [5.74, 6) is 0.414. The zero-order valence-electron chi connectivity index (χ0n) is 8.62. The van der Waals surface area contributed by atoms with E-state index in [9.17, 15) is 8.42 Å². The molecule has 2 heterocycles. The second-order valence-electron chi connectivity index (χ2n) is 4.59. The normalized spacial score (nSPS) is 46.1. The third-order valence-corrected chi connectivity index (χ3v) is 4.93. The minimum absolute atomic E-state index is 0.00120. The van der Waals surface area contributed by atoms with Crippen molar-refractivity contribution >= 4 is 9.84 Å². The van der Waals surface area contributed by atoms with Crippen molar-refractivity contribution in [3.63, 3.8) is 0 Å². The first-order valence-electron chi connectivity index (χ1n) is 5.04. The molecule has 2 fully saturated rings. The van der Waals surface area contributed by atoms with E-state index < -0.39 is 9.84 Å². The van der Waals surface area contributed by atoms with Crippen LogP contribution < -0.4 is 5.32 Å². The lowest BCUT2D eigenvalue weighted by Crippen LogP contribution is -2.60. The third-order valence-electron chi connectivity index (χ3n) is 3.23. The SMILES string of the molecule is CCC1(C)COC2CS(=O)(=O)CC2N1. The van der Waals surface area contributed by atoms with E-state index in [1.165, 1.54) is 0 Å². The Morgan fingerprint density at radius 2 is 2.21 bits per heavy atom. The maximum absolute atomic E-state index is 11.4. The molecule has 2 aliphatic rings. The highest BCUT2D eigenvalue weighted by Gasteiger charge is 2.45. The number of rotatable bonds is 1. The summed E-state index contributed by atoms with van der Waals surface area (Å²) in [6, 6.07) is -0.00120. The highest BCUT2D eigenvalue weighted by molar-refractivity contribution is 7.91. The predicted molar refractivity (Wildman–Crippen MR) is 54.0 cm³/mol. The van der Waals surface area contributed by atoms with Gasteiger partial charge in [-0.3, -0.25) is 0 Å². The van der Waals surface area contributed by atoms with Crippen LogP contribution in [0, 0.1) is 0 Å². The van der Waals surface area contributed by atoms with Crippen molar-refractivity contribution < 1.29 is 13.2 Å². The second-order valence-corrected chi connectivity index (χ2v) is 6.75. The summed E-state index contributed by atoms with van der Waals surface area (Å²) in [5.41, 5.74) is -0.0545. The Labute approximate surface area is 84.9 Å². The van der Waals surface area contributed by atoms with Gasteiger partial charge in [0, 0.05) is 11.6 Å². The maximum atomic E-state index is 11.4. The van der Waals surface area contributed by atoms with Crippen LogP contribution in [-0.2, 0) is 14.6 Å². The van der Waals surface area contributed by atoms with Gasteiger partial charge in [-0.25, -0.2) is 8.42 Å². The molecule has 0 aliphatic carbocycles. The molecule has 0 bridgehead atoms. The van der Waals surface area contributed by atoms with Crippen LogP contribution in [0.5, 0.6) is 0 Å². The van der Waals surface area contributed by atoms with E-state index in [4.69, 9.17) is 4.74 Å². The molecule has 3 atom stereocenters. The fraction of sp³-hybridized carbons (Fsp3) is 1.00. The standard InChI is InChI=1S/C9H17NO3S/c1-3-9(2)6-13-8-5-14(11,12)4-7(8)10-9/h7-8,10H,3-6H2,1-2H3. The lowest BCUT2D eigenvalue weighted by molar-refractivity contribution is -0.0372. The minimum atomic E-state index is -2.87. The number of sulfone groups is 1. The Hall–Kier alpha value is -0.130. The van der Waals surface area contributed by atoms with Gasteiger partial charge in [0.1, 0.15) is 0 Å². The van der Waals surface area contributed by atoms with E-state index in [2.05, 4.69) is 19.2 Å². The molecule has 3 unspecified atom stereocenters. The largest absolute Gasteiger partial charge is 0.374 e. The van der Waals surface area contributed by atoms with E-state index in [1.807, 2.05) is 0 Å². The van der Waals surface area contributed by atoms with E-state index >= 15 is 0 Å². The highest BCUT2D eigenvalue weighted by Crippen LogP contribution is 2.25. The molecule has 0 radical (unpaired) electrons. The zero-order valence-corrected chi connectivity index (χ0v) is 9.43. The molecular formula is C9H17NO3S. The van der Waals surface area contributed by atoms with Crippen LogP contribution in [0.3, 0.4) is 0 Å². The Morgan fingerprint density at radius 3 is 2.86 bits per heavy atom. The fourth-order valence-electron chi connectivity index (χ4n) is 2.10. The fourth-order valence-corrected chi connectivity index (χ4v) is 3.91. The quantitative estimate of drug-likeness (QED) is 0.671. The van der Waals surface area contributed by atoms with Gasteiger partial charge < -0.3 is 10.1 Å². The molecule has 0 aromatic rings. The van der Waals surface area contributed by atoms with E-state index in [0.717, 1.165) is 6.42 Å². The van der Waals surface area contributed by atoms with Crippen LogP contribution >= 0.6 is 0 Å². The molecule has 0 spiro atoms. The molecular weight excluding hydrogens is 202 g/mol. The number of hydrogen-bond acceptors (Lipinski definition) is 4. The predicted octanol–water partition coefficient (Wildman–Crippen LogP) is -0.0595. The topological polar surface area (TPSA) is 55.4 Å². The van der Waals surface area contributed by atoms with Gasteiger partial charge in [-0.15, -0.1) is 0 Å². The molecule has 0 amide bonds. The van der Waals surface area contributed by atoms with Gasteiger partial charge in [0.15, 0.2) is 9.84 Å². The van der Waals surface area contributed by atoms with Crippen LogP contribution in [0.15, 0.2) is 0 Å². The van der Waals surface area contributed by atoms with Gasteiger partial charge in [0.2, 0.25) is 0 Å². The van der Waals surface area contributed by atoms with Gasteiger partial charge in [0.05, 0.1) is 24.2 Å². The summed E-state index contributed by atoms with van der Waals surface area (Å²) in [5, 5.41) is 3.39. The monoisotopic (exact) mass is 219 g/mol. The van der Waals surface area contributed by atoms with Crippen molar-refractivity contribution in [2.45, 2.75) is 38.0 Å². The zero-order chi connectivity index (χ0) is 10.4. The van der Waals surface area contributed by atoms with Crippen molar-refractivity contribution in [3.8, 4) is 0 Å². The summed E-state index contributed by atoms with van der Waals surface area (Å²) in [6.45, 7) is 4.77. The van der Waals surface area contributed by atoms with Crippen LogP contribution in [-0.4, -0.2) is 44.2 Å². The number of morpholine rings is 1. The maximum Gasteiger partial charge on any atom is 0.154 e. The Kier molecular flexibility index (Phi) is 2.36. The van der Waals surface area contributed by atoms with Crippen LogP contribution in [0.25, 0.3) is 0 Å². The molecule has 2 rings (SSSR count). The molecule has 1 N–H and O–H groups in total. The molecule has 14 heavy (non-hydrogen) atoms. The molecule has 4 nitrogen and oxygen atoms in total. The molecule has 82 valence electrons. The van der Waals surface area contributed by atoms with Crippen molar-refractivity contribution in [2.75, 3.05) is 18.1 Å². The van der Waals surface area contributed by atoms with Gasteiger partial charge in [-0.1, -0.05) is 6.92 Å². The molecule has 2 saturated heterocycles. The number of fused-ring (bicyclic) bond motifs is 1. The number of hydrogen-bond donors (Lipinski definition) is 1. The van der Waals surface area contributed by atoms with E-state index in [0.29, 0.717) is 6.61 Å². The van der Waals surface area contributed by atoms with Crippen LogP contribution in [0.4, 0.5) is 0 Å². The first-order valence-corrected chi connectivity index (χ1v) is 6.86. The molecule has 0 saturated carbocycles. The number of nitrogens with one attached hydrogen (secondary N) is 1. The minimum Gasteiger partial charge on any atom is -0.374 e. The molecule has 0 aromatic carbocycles. The van der Waals surface area contributed by atoms with Gasteiger partial charge in [0.25, 0.3) is 0 Å². The van der Waals surface area contributed by atoms with E-state index in [1.54, 1.807) is 0 Å². The van der Waals surface area contributed by atoms with Gasteiger partial charge >= 0.3 is 0 Å². The summed E-state index contributed by atoms with van der Waals surface area (Å²) < 4.78 is 28.4. The average Bonchev–Trinajstić information content (AvgIpc) is 2.38. The third kappa shape index (κ3) is 1.81. The van der Waals surface area contributed by atoms with Crippen molar-refractivity contribution in [1.29, 1.82) is 0 Å². The van der Waals surface area contributed by atoms with E-state index in [-0.39, 0.29) is 29.2 Å². The Morgan fingerprint density at radius 1 is 1.50 bits per heavy atom. The smallest absolute Gasteiger partial charge is 0.154 e. The van der Waals surface area contributed by atoms with Crippen LogP contribution in [0.1, 0.15) is 20.3 Å². The summed E-state index contributed by atoms with van der Waals surface area (Å²) >= 11 is 0. The Bertz CT molecular complexity index is 327. The average molecular weight is 219 g/mol. The second kappa shape index (κ2) is 3.18. The first-order chi connectivity index (χ1) is 6.44. The van der Waals surface area contributed by atoms with Crippen molar-refractivity contribution in [2.24, 2.45) is 0 Å². The highest BCUT2D eigenvalue weighted by atomic mass is 32.2. The lowest BCUT2D eigenvalue weighted by Gasteiger charge is -2.40. The summed E-state index contributed by atoms with van der Waals surface area (Å²) in [7, 11) is -2.87. The summed E-state index contributed by atoms with van der Waals surface area (Å²) in [4.78, 5) is 0. The summed E-state index contributed by atoms with van der Waals surface area (Å²) in [6.07, 6.45) is 0.829. The van der Waals surface area contributed by atoms with Gasteiger partial charge in [-0.2, -0.15) is 0 Å². The lowest BCUT2D eigenvalue weighted by atomic mass is 9.95. The van der Waals surface area contributed by atoms with Gasteiger partial charge in [-0.05, 0) is 13.3 Å². The molecule has 2 aliphatic heterocycles. The van der Waals surface area contributed by atoms with Crippen molar-refractivity contribution in [1.82, 2.24) is 5.32 Å².